The summed E-state index contributed by atoms with van der Waals surface area (Å²) in [5, 5.41) is 3.25. The molecule has 2 heterocycles. The SMILES string of the molecule is CNC1CCCN(C(=O)CCOCC2CCCO2)C1. The van der Waals surface area contributed by atoms with Gasteiger partial charge >= 0.3 is 0 Å². The molecule has 0 aromatic carbocycles. The zero-order chi connectivity index (χ0) is 13.5. The first kappa shape index (κ1) is 14.8. The van der Waals surface area contributed by atoms with Gasteiger partial charge in [-0.2, -0.15) is 0 Å². The van der Waals surface area contributed by atoms with Gasteiger partial charge in [-0.15, -0.1) is 0 Å². The predicted molar refractivity (Wildman–Crippen MR) is 73.1 cm³/mol. The van der Waals surface area contributed by atoms with E-state index < -0.39 is 0 Å². The van der Waals surface area contributed by atoms with Crippen LogP contribution >= 0.6 is 0 Å². The number of likely N-dealkylation sites (tertiary alicyclic amines) is 1. The van der Waals surface area contributed by atoms with E-state index in [1.165, 1.54) is 0 Å². The molecule has 2 atom stereocenters. The van der Waals surface area contributed by atoms with Crippen LogP contribution in [0.5, 0.6) is 0 Å². The van der Waals surface area contributed by atoms with Crippen molar-refractivity contribution in [3.8, 4) is 0 Å². The molecule has 2 fully saturated rings. The Labute approximate surface area is 115 Å². The number of amides is 1. The average Bonchev–Trinajstić information content (AvgIpc) is 2.96. The number of piperidine rings is 1. The van der Waals surface area contributed by atoms with Crippen molar-refractivity contribution in [1.82, 2.24) is 10.2 Å². The van der Waals surface area contributed by atoms with Gasteiger partial charge in [-0.05, 0) is 32.7 Å². The Hall–Kier alpha value is -0.650. The maximum absolute atomic E-state index is 12.0. The second-order valence-electron chi connectivity index (χ2n) is 5.43. The van der Waals surface area contributed by atoms with E-state index in [4.69, 9.17) is 9.47 Å². The summed E-state index contributed by atoms with van der Waals surface area (Å²) in [5.74, 6) is 0.215. The monoisotopic (exact) mass is 270 g/mol. The number of hydrogen-bond acceptors (Lipinski definition) is 4. The van der Waals surface area contributed by atoms with Crippen LogP contribution in [0.25, 0.3) is 0 Å². The van der Waals surface area contributed by atoms with Crippen molar-refractivity contribution >= 4 is 5.91 Å². The lowest BCUT2D eigenvalue weighted by atomic mass is 10.1. The fourth-order valence-electron chi connectivity index (χ4n) is 2.75. The Bertz CT molecular complexity index is 280. The van der Waals surface area contributed by atoms with Gasteiger partial charge in [-0.25, -0.2) is 0 Å². The molecular formula is C14H26N2O3. The molecule has 110 valence electrons. The van der Waals surface area contributed by atoms with E-state index in [1.54, 1.807) is 0 Å². The van der Waals surface area contributed by atoms with Gasteiger partial charge in [0.2, 0.25) is 5.91 Å². The largest absolute Gasteiger partial charge is 0.378 e. The van der Waals surface area contributed by atoms with Gasteiger partial charge in [0.25, 0.3) is 0 Å². The van der Waals surface area contributed by atoms with Crippen LogP contribution in [0, 0.1) is 0 Å². The Morgan fingerprint density at radius 3 is 3.05 bits per heavy atom. The Morgan fingerprint density at radius 2 is 2.32 bits per heavy atom. The summed E-state index contributed by atoms with van der Waals surface area (Å²) in [6.07, 6.45) is 5.21. The van der Waals surface area contributed by atoms with Gasteiger partial charge in [0.15, 0.2) is 0 Å². The van der Waals surface area contributed by atoms with Crippen LogP contribution in [0.4, 0.5) is 0 Å². The van der Waals surface area contributed by atoms with E-state index >= 15 is 0 Å². The molecule has 1 N–H and O–H groups in total. The van der Waals surface area contributed by atoms with E-state index in [1.807, 2.05) is 11.9 Å². The summed E-state index contributed by atoms with van der Waals surface area (Å²) >= 11 is 0. The zero-order valence-corrected chi connectivity index (χ0v) is 11.9. The summed E-state index contributed by atoms with van der Waals surface area (Å²) < 4.78 is 11.0. The normalized spacial score (nSPS) is 27.7. The summed E-state index contributed by atoms with van der Waals surface area (Å²) in [5.41, 5.74) is 0. The highest BCUT2D eigenvalue weighted by Gasteiger charge is 2.22. The smallest absolute Gasteiger partial charge is 0.224 e. The number of rotatable bonds is 6. The molecule has 0 spiro atoms. The second kappa shape index (κ2) is 7.82. The standard InChI is InChI=1S/C14H26N2O3/c1-15-12-4-2-7-16(10-12)14(17)6-9-18-11-13-5-3-8-19-13/h12-13,15H,2-11H2,1H3. The lowest BCUT2D eigenvalue weighted by molar-refractivity contribution is -0.134. The van der Waals surface area contributed by atoms with Crippen LogP contribution < -0.4 is 5.32 Å². The first-order valence-corrected chi connectivity index (χ1v) is 7.44. The number of nitrogens with one attached hydrogen (secondary N) is 1. The molecule has 5 heteroatoms. The van der Waals surface area contributed by atoms with Crippen molar-refractivity contribution in [1.29, 1.82) is 0 Å². The van der Waals surface area contributed by atoms with E-state index in [-0.39, 0.29) is 12.0 Å². The van der Waals surface area contributed by atoms with E-state index in [9.17, 15) is 4.79 Å². The summed E-state index contributed by atoms with van der Waals surface area (Å²) in [6, 6.07) is 0.450. The summed E-state index contributed by atoms with van der Waals surface area (Å²) in [6.45, 7) is 3.72. The first-order valence-electron chi connectivity index (χ1n) is 7.44. The molecule has 0 radical (unpaired) electrons. The molecule has 2 saturated heterocycles. The quantitative estimate of drug-likeness (QED) is 0.725. The molecule has 2 aliphatic rings. The minimum atomic E-state index is 0.215. The average molecular weight is 270 g/mol. The number of carbonyl (C=O) groups is 1. The topological polar surface area (TPSA) is 50.8 Å². The molecule has 2 unspecified atom stereocenters. The second-order valence-corrected chi connectivity index (χ2v) is 5.43. The van der Waals surface area contributed by atoms with Crippen molar-refractivity contribution < 1.29 is 14.3 Å². The Kier molecular flexibility index (Phi) is 6.07. The molecular weight excluding hydrogens is 244 g/mol. The molecule has 19 heavy (non-hydrogen) atoms. The van der Waals surface area contributed by atoms with E-state index in [2.05, 4.69) is 5.32 Å². The van der Waals surface area contributed by atoms with Gasteiger partial charge in [0, 0.05) is 25.7 Å². The number of nitrogens with zero attached hydrogens (tertiary/aromatic N) is 1. The predicted octanol–water partition coefficient (Wildman–Crippen LogP) is 0.783. The van der Waals surface area contributed by atoms with Gasteiger partial charge in [0.05, 0.1) is 25.7 Å². The van der Waals surface area contributed by atoms with E-state index in [0.29, 0.717) is 25.7 Å². The number of hydrogen-bond donors (Lipinski definition) is 1. The highest BCUT2D eigenvalue weighted by Crippen LogP contribution is 2.13. The summed E-state index contributed by atoms with van der Waals surface area (Å²) in [7, 11) is 1.96. The maximum Gasteiger partial charge on any atom is 0.224 e. The lowest BCUT2D eigenvalue weighted by Crippen LogP contribution is -2.47. The highest BCUT2D eigenvalue weighted by molar-refractivity contribution is 5.76. The lowest BCUT2D eigenvalue weighted by Gasteiger charge is -2.32. The first-order chi connectivity index (χ1) is 9.29. The third-order valence-corrected chi connectivity index (χ3v) is 3.97. The van der Waals surface area contributed by atoms with Crippen LogP contribution in [-0.2, 0) is 14.3 Å². The van der Waals surface area contributed by atoms with Gasteiger partial charge in [-0.3, -0.25) is 4.79 Å². The third kappa shape index (κ3) is 4.75. The minimum absolute atomic E-state index is 0.215. The van der Waals surface area contributed by atoms with Crippen molar-refractivity contribution in [2.75, 3.05) is 40.0 Å². The van der Waals surface area contributed by atoms with Crippen LogP contribution in [0.15, 0.2) is 0 Å². The molecule has 0 bridgehead atoms. The Morgan fingerprint density at radius 1 is 1.42 bits per heavy atom. The van der Waals surface area contributed by atoms with Crippen molar-refractivity contribution in [3.63, 3.8) is 0 Å². The van der Waals surface area contributed by atoms with Crippen LogP contribution in [0.1, 0.15) is 32.1 Å². The molecule has 0 aromatic heterocycles. The molecule has 1 amide bonds. The molecule has 2 aliphatic heterocycles. The Balaban J connectivity index is 1.58. The fourth-order valence-corrected chi connectivity index (χ4v) is 2.75. The number of ether oxygens (including phenoxy) is 2. The fraction of sp³-hybridized carbons (Fsp3) is 0.929. The number of carbonyl (C=O) groups excluding carboxylic acids is 1. The molecule has 0 saturated carbocycles. The van der Waals surface area contributed by atoms with Crippen LogP contribution in [0.3, 0.4) is 0 Å². The van der Waals surface area contributed by atoms with E-state index in [0.717, 1.165) is 45.4 Å². The molecule has 0 aromatic rings. The van der Waals surface area contributed by atoms with Crippen molar-refractivity contribution in [3.05, 3.63) is 0 Å². The van der Waals surface area contributed by atoms with Crippen molar-refractivity contribution in [2.24, 2.45) is 0 Å². The zero-order valence-electron chi connectivity index (χ0n) is 11.9. The third-order valence-electron chi connectivity index (χ3n) is 3.97. The van der Waals surface area contributed by atoms with Gasteiger partial charge in [-0.1, -0.05) is 0 Å². The van der Waals surface area contributed by atoms with Crippen molar-refractivity contribution in [2.45, 2.75) is 44.2 Å². The molecule has 5 nitrogen and oxygen atoms in total. The molecule has 0 aliphatic carbocycles. The van der Waals surface area contributed by atoms with Crippen LogP contribution in [0.2, 0.25) is 0 Å². The van der Waals surface area contributed by atoms with Crippen LogP contribution in [-0.4, -0.2) is 62.9 Å². The highest BCUT2D eigenvalue weighted by atomic mass is 16.5. The summed E-state index contributed by atoms with van der Waals surface area (Å²) in [4.78, 5) is 14.0. The van der Waals surface area contributed by atoms with Gasteiger partial charge < -0.3 is 19.7 Å². The number of likely N-dealkylation sites (N-methyl/N-ethyl adjacent to an activating group) is 1. The van der Waals surface area contributed by atoms with Gasteiger partial charge in [0.1, 0.15) is 0 Å². The molecule has 2 rings (SSSR count). The minimum Gasteiger partial charge on any atom is -0.378 e. The maximum atomic E-state index is 12.0.